The quantitative estimate of drug-likeness (QED) is 0.600. The van der Waals surface area contributed by atoms with E-state index >= 15 is 0 Å². The van der Waals surface area contributed by atoms with Gasteiger partial charge in [-0.25, -0.2) is 8.42 Å². The lowest BCUT2D eigenvalue weighted by molar-refractivity contribution is -0.122. The Bertz CT molecular complexity index is 1000. The number of hydrogen-bond acceptors (Lipinski definition) is 8. The third-order valence-corrected chi connectivity index (χ3v) is 7.33. The lowest BCUT2D eigenvalue weighted by Gasteiger charge is -2.16. The van der Waals surface area contributed by atoms with Crippen LogP contribution in [0.4, 0.5) is 0 Å². The number of aryl methyl sites for hydroxylation is 1. The van der Waals surface area contributed by atoms with Gasteiger partial charge in [0.1, 0.15) is 5.01 Å². The predicted octanol–water partition coefficient (Wildman–Crippen LogP) is 0.512. The molecule has 1 aliphatic rings. The smallest absolute Gasteiger partial charge is 0.282 e. The van der Waals surface area contributed by atoms with Crippen LogP contribution in [0.3, 0.4) is 0 Å². The van der Waals surface area contributed by atoms with Gasteiger partial charge in [0, 0.05) is 12.6 Å². The largest absolute Gasteiger partial charge is 0.351 e. The van der Waals surface area contributed by atoms with E-state index in [2.05, 4.69) is 20.8 Å². The average Bonchev–Trinajstić information content (AvgIpc) is 3.26. The lowest BCUT2D eigenvalue weighted by atomic mass is 10.1. The summed E-state index contributed by atoms with van der Waals surface area (Å²) in [5, 5.41) is 14.4. The molecule has 0 radical (unpaired) electrons. The molecule has 2 N–H and O–H groups in total. The molecule has 2 aromatic rings. The molecule has 1 aromatic carbocycles. The highest BCUT2D eigenvalue weighted by atomic mass is 32.2. The molecule has 30 heavy (non-hydrogen) atoms. The number of benzene rings is 1. The van der Waals surface area contributed by atoms with Crippen LogP contribution in [0, 0.1) is 6.92 Å². The average molecular weight is 452 g/mol. The number of hydrogen-bond donors (Lipinski definition) is 2. The van der Waals surface area contributed by atoms with Crippen LogP contribution in [0.15, 0.2) is 24.3 Å². The van der Waals surface area contributed by atoms with Crippen molar-refractivity contribution < 1.29 is 18.0 Å². The molecule has 0 saturated carbocycles. The van der Waals surface area contributed by atoms with Crippen molar-refractivity contribution in [2.24, 2.45) is 0 Å². The molecule has 2 heterocycles. The lowest BCUT2D eigenvalue weighted by Crippen LogP contribution is -2.41. The molecule has 11 heteroatoms. The van der Waals surface area contributed by atoms with Crippen LogP contribution in [-0.4, -0.2) is 66.5 Å². The Morgan fingerprint density at radius 1 is 1.23 bits per heavy atom. The molecule has 1 fully saturated rings. The topological polar surface area (TPSA) is 121 Å². The van der Waals surface area contributed by atoms with E-state index in [-0.39, 0.29) is 40.9 Å². The molecule has 0 spiro atoms. The standard InChI is InChI=1S/C19H25N5O4S2/c1-13-3-5-14(6-4-13)9-20-18(26)19-23-22-17(29-19)11-24(2)10-16(25)21-15-7-8-30(27,28)12-15/h3-6,15H,7-12H2,1-2H3,(H,20,26)(H,21,25). The second-order valence-corrected chi connectivity index (χ2v) is 10.8. The third-order valence-electron chi connectivity index (χ3n) is 4.65. The Hall–Kier alpha value is -2.37. The van der Waals surface area contributed by atoms with Crippen LogP contribution in [0.5, 0.6) is 0 Å². The number of nitrogens with one attached hydrogen (secondary N) is 2. The molecule has 0 bridgehead atoms. The van der Waals surface area contributed by atoms with Gasteiger partial charge in [0.25, 0.3) is 5.91 Å². The molecule has 2 amide bonds. The summed E-state index contributed by atoms with van der Waals surface area (Å²) in [6, 6.07) is 7.58. The Morgan fingerprint density at radius 3 is 2.63 bits per heavy atom. The van der Waals surface area contributed by atoms with Gasteiger partial charge < -0.3 is 10.6 Å². The summed E-state index contributed by atoms with van der Waals surface area (Å²) in [5.41, 5.74) is 2.16. The third kappa shape index (κ3) is 6.57. The number of nitrogens with zero attached hydrogens (tertiary/aromatic N) is 3. The molecule has 1 aliphatic heterocycles. The molecule has 1 saturated heterocycles. The Morgan fingerprint density at radius 2 is 1.97 bits per heavy atom. The van der Waals surface area contributed by atoms with E-state index in [4.69, 9.17) is 0 Å². The van der Waals surface area contributed by atoms with Crippen molar-refractivity contribution in [3.05, 3.63) is 45.4 Å². The highest BCUT2D eigenvalue weighted by molar-refractivity contribution is 7.91. The number of rotatable bonds is 8. The molecule has 0 aliphatic carbocycles. The summed E-state index contributed by atoms with van der Waals surface area (Å²) in [5.74, 6) is -0.407. The van der Waals surface area contributed by atoms with Gasteiger partial charge in [-0.05, 0) is 26.0 Å². The van der Waals surface area contributed by atoms with Crippen LogP contribution in [-0.2, 0) is 27.7 Å². The molecular weight excluding hydrogens is 426 g/mol. The second-order valence-electron chi connectivity index (χ2n) is 7.51. The number of likely N-dealkylation sites (N-methyl/N-ethyl adjacent to an activating group) is 1. The summed E-state index contributed by atoms with van der Waals surface area (Å²) >= 11 is 1.18. The Balaban J connectivity index is 1.44. The van der Waals surface area contributed by atoms with Gasteiger partial charge in [-0.1, -0.05) is 41.2 Å². The van der Waals surface area contributed by atoms with E-state index in [1.165, 1.54) is 11.3 Å². The van der Waals surface area contributed by atoms with Crippen molar-refractivity contribution in [2.45, 2.75) is 32.5 Å². The molecule has 3 rings (SSSR count). The molecule has 1 aromatic heterocycles. The van der Waals surface area contributed by atoms with Crippen LogP contribution in [0.2, 0.25) is 0 Å². The zero-order chi connectivity index (χ0) is 21.7. The monoisotopic (exact) mass is 451 g/mol. The summed E-state index contributed by atoms with van der Waals surface area (Å²) in [7, 11) is -1.28. The van der Waals surface area contributed by atoms with Crippen LogP contribution >= 0.6 is 11.3 Å². The minimum Gasteiger partial charge on any atom is -0.351 e. The predicted molar refractivity (Wildman–Crippen MR) is 114 cm³/mol. The van der Waals surface area contributed by atoms with E-state index in [0.717, 1.165) is 11.1 Å². The van der Waals surface area contributed by atoms with Crippen molar-refractivity contribution in [3.63, 3.8) is 0 Å². The van der Waals surface area contributed by atoms with Gasteiger partial charge in [-0.2, -0.15) is 0 Å². The number of sulfone groups is 1. The van der Waals surface area contributed by atoms with Crippen LogP contribution < -0.4 is 10.6 Å². The van der Waals surface area contributed by atoms with Gasteiger partial charge in [0.15, 0.2) is 9.84 Å². The maximum atomic E-state index is 12.3. The van der Waals surface area contributed by atoms with Crippen molar-refractivity contribution in [2.75, 3.05) is 25.1 Å². The molecule has 9 nitrogen and oxygen atoms in total. The van der Waals surface area contributed by atoms with Gasteiger partial charge in [0.05, 0.1) is 24.6 Å². The zero-order valence-corrected chi connectivity index (χ0v) is 18.6. The van der Waals surface area contributed by atoms with Gasteiger partial charge in [0.2, 0.25) is 10.9 Å². The normalized spacial score (nSPS) is 17.8. The first-order chi connectivity index (χ1) is 14.2. The minimum atomic E-state index is -3.03. The number of amides is 2. The SMILES string of the molecule is Cc1ccc(CNC(=O)c2nnc(CN(C)CC(=O)NC3CCS(=O)(=O)C3)s2)cc1. The second kappa shape index (κ2) is 9.63. The zero-order valence-electron chi connectivity index (χ0n) is 16.9. The van der Waals surface area contributed by atoms with E-state index < -0.39 is 9.84 Å². The first kappa shape index (κ1) is 22.3. The first-order valence-corrected chi connectivity index (χ1v) is 12.2. The van der Waals surface area contributed by atoms with Gasteiger partial charge >= 0.3 is 0 Å². The van der Waals surface area contributed by atoms with Crippen molar-refractivity contribution in [1.82, 2.24) is 25.7 Å². The summed E-state index contributed by atoms with van der Waals surface area (Å²) in [4.78, 5) is 26.1. The summed E-state index contributed by atoms with van der Waals surface area (Å²) < 4.78 is 23.0. The summed E-state index contributed by atoms with van der Waals surface area (Å²) in [6.07, 6.45) is 0.454. The fourth-order valence-corrected chi connectivity index (χ4v) is 5.60. The molecule has 162 valence electrons. The van der Waals surface area contributed by atoms with Crippen LogP contribution in [0.1, 0.15) is 32.4 Å². The molecule has 1 unspecified atom stereocenters. The van der Waals surface area contributed by atoms with Crippen molar-refractivity contribution >= 4 is 33.0 Å². The number of aromatic nitrogens is 2. The van der Waals surface area contributed by atoms with Crippen molar-refractivity contribution in [1.29, 1.82) is 0 Å². The summed E-state index contributed by atoms with van der Waals surface area (Å²) in [6.45, 7) is 2.88. The van der Waals surface area contributed by atoms with Crippen molar-refractivity contribution in [3.8, 4) is 0 Å². The van der Waals surface area contributed by atoms with Gasteiger partial charge in [-0.3, -0.25) is 14.5 Å². The van der Waals surface area contributed by atoms with E-state index in [0.29, 0.717) is 24.5 Å². The fraction of sp³-hybridized carbons (Fsp3) is 0.474. The first-order valence-electron chi connectivity index (χ1n) is 9.54. The molecular formula is C19H25N5O4S2. The Labute approximate surface area is 179 Å². The van der Waals surface area contributed by atoms with E-state index in [1.54, 1.807) is 11.9 Å². The maximum Gasteiger partial charge on any atom is 0.282 e. The van der Waals surface area contributed by atoms with E-state index in [9.17, 15) is 18.0 Å². The minimum absolute atomic E-state index is 0.0000848. The van der Waals surface area contributed by atoms with Gasteiger partial charge in [-0.15, -0.1) is 10.2 Å². The maximum absolute atomic E-state index is 12.3. The van der Waals surface area contributed by atoms with Crippen LogP contribution in [0.25, 0.3) is 0 Å². The van der Waals surface area contributed by atoms with E-state index in [1.807, 2.05) is 31.2 Å². The number of carbonyl (C=O) groups is 2. The molecule has 1 atom stereocenters. The number of carbonyl (C=O) groups excluding carboxylic acids is 2. The Kier molecular flexibility index (Phi) is 7.16. The highest BCUT2D eigenvalue weighted by Crippen LogP contribution is 2.13. The fourth-order valence-electron chi connectivity index (χ4n) is 3.09. The highest BCUT2D eigenvalue weighted by Gasteiger charge is 2.29.